The molecule has 5 heteroatoms. The van der Waals surface area contributed by atoms with Crippen molar-refractivity contribution in [2.75, 3.05) is 0 Å². The lowest BCUT2D eigenvalue weighted by atomic mass is 10.2. The number of nitriles is 1. The van der Waals surface area contributed by atoms with Gasteiger partial charge in [-0.1, -0.05) is 23.2 Å². The molecule has 0 unspecified atom stereocenters. The number of rotatable bonds is 2. The molecule has 2 aromatic rings. The summed E-state index contributed by atoms with van der Waals surface area (Å²) in [5.74, 6) is 1.09. The third-order valence-corrected chi connectivity index (χ3v) is 3.32. The third kappa shape index (κ3) is 2.97. The van der Waals surface area contributed by atoms with E-state index in [4.69, 9.17) is 33.2 Å². The van der Waals surface area contributed by atoms with E-state index in [0.717, 1.165) is 4.47 Å². The first kappa shape index (κ1) is 13.2. The van der Waals surface area contributed by atoms with Gasteiger partial charge in [0.05, 0.1) is 21.1 Å². The molecule has 0 heterocycles. The fourth-order valence-electron chi connectivity index (χ4n) is 1.33. The van der Waals surface area contributed by atoms with E-state index in [1.165, 1.54) is 0 Å². The molecule has 0 fully saturated rings. The number of hydrogen-bond acceptors (Lipinski definition) is 2. The zero-order valence-corrected chi connectivity index (χ0v) is 12.1. The lowest BCUT2D eigenvalue weighted by molar-refractivity contribution is 0.480. The molecule has 2 nitrogen and oxygen atoms in total. The molecular formula is C13H6BrCl2NO. The van der Waals surface area contributed by atoms with Gasteiger partial charge in [0.15, 0.2) is 0 Å². The lowest BCUT2D eigenvalue weighted by Gasteiger charge is -2.09. The van der Waals surface area contributed by atoms with Crippen molar-refractivity contribution in [2.24, 2.45) is 0 Å². The summed E-state index contributed by atoms with van der Waals surface area (Å²) >= 11 is 15.2. The first-order chi connectivity index (χ1) is 8.60. The highest BCUT2D eigenvalue weighted by atomic mass is 79.9. The molecule has 0 spiro atoms. The number of ether oxygens (including phenoxy) is 1. The van der Waals surface area contributed by atoms with E-state index in [9.17, 15) is 0 Å². The number of benzene rings is 2. The van der Waals surface area contributed by atoms with Crippen molar-refractivity contribution in [1.82, 2.24) is 0 Å². The Hall–Kier alpha value is -1.21. The Balaban J connectivity index is 2.32. The Kier molecular flexibility index (Phi) is 4.13. The van der Waals surface area contributed by atoms with Crippen LogP contribution in [-0.4, -0.2) is 0 Å². The van der Waals surface area contributed by atoms with E-state index in [2.05, 4.69) is 15.9 Å². The van der Waals surface area contributed by atoms with E-state index in [1.54, 1.807) is 36.4 Å². The Morgan fingerprint density at radius 1 is 1.06 bits per heavy atom. The lowest BCUT2D eigenvalue weighted by Crippen LogP contribution is -1.87. The maximum absolute atomic E-state index is 8.75. The molecule has 0 saturated heterocycles. The first-order valence-electron chi connectivity index (χ1n) is 4.92. The van der Waals surface area contributed by atoms with Gasteiger partial charge in [0.25, 0.3) is 0 Å². The minimum absolute atomic E-state index is 0.385. The third-order valence-electron chi connectivity index (χ3n) is 2.17. The largest absolute Gasteiger partial charge is 0.455 e. The van der Waals surface area contributed by atoms with E-state index < -0.39 is 0 Å². The van der Waals surface area contributed by atoms with Gasteiger partial charge in [-0.05, 0) is 52.3 Å². The average Bonchev–Trinajstić information content (AvgIpc) is 2.34. The minimum Gasteiger partial charge on any atom is -0.455 e. The zero-order chi connectivity index (χ0) is 13.1. The molecule has 0 atom stereocenters. The quantitative estimate of drug-likeness (QED) is 0.730. The Bertz CT molecular complexity index is 637. The van der Waals surface area contributed by atoms with E-state index in [-0.39, 0.29) is 0 Å². The molecule has 0 radical (unpaired) electrons. The fraction of sp³-hybridized carbons (Fsp3) is 0. The van der Waals surface area contributed by atoms with Crippen LogP contribution in [0.5, 0.6) is 11.5 Å². The summed E-state index contributed by atoms with van der Waals surface area (Å²) in [6, 6.07) is 12.1. The number of nitrogens with zero attached hydrogens (tertiary/aromatic N) is 1. The summed E-state index contributed by atoms with van der Waals surface area (Å²) in [5.41, 5.74) is 0.488. The van der Waals surface area contributed by atoms with Gasteiger partial charge in [-0.2, -0.15) is 5.26 Å². The highest BCUT2D eigenvalue weighted by Gasteiger charge is 2.07. The minimum atomic E-state index is 0.385. The van der Waals surface area contributed by atoms with Crippen molar-refractivity contribution in [2.45, 2.75) is 0 Å². The number of halogens is 3. The molecule has 0 aliphatic carbocycles. The molecule has 0 N–H and O–H groups in total. The van der Waals surface area contributed by atoms with E-state index in [1.807, 2.05) is 6.07 Å². The van der Waals surface area contributed by atoms with Gasteiger partial charge in [-0.3, -0.25) is 0 Å². The molecule has 2 aromatic carbocycles. The molecule has 0 amide bonds. The van der Waals surface area contributed by atoms with Gasteiger partial charge < -0.3 is 4.74 Å². The van der Waals surface area contributed by atoms with Crippen LogP contribution in [0.1, 0.15) is 5.56 Å². The molecule has 90 valence electrons. The summed E-state index contributed by atoms with van der Waals surface area (Å²) in [5, 5.41) is 9.74. The van der Waals surface area contributed by atoms with Crippen LogP contribution in [0.15, 0.2) is 40.9 Å². The Morgan fingerprint density at radius 3 is 2.39 bits per heavy atom. The average molecular weight is 343 g/mol. The molecule has 0 bridgehead atoms. The first-order valence-corrected chi connectivity index (χ1v) is 6.47. The van der Waals surface area contributed by atoms with Gasteiger partial charge in [0.1, 0.15) is 11.5 Å². The molecular weight excluding hydrogens is 337 g/mol. The second kappa shape index (κ2) is 5.62. The van der Waals surface area contributed by atoms with Crippen molar-refractivity contribution in [3.05, 3.63) is 56.5 Å². The molecule has 0 aliphatic heterocycles. The second-order valence-electron chi connectivity index (χ2n) is 3.43. The van der Waals surface area contributed by atoms with Gasteiger partial charge in [0, 0.05) is 5.02 Å². The fourth-order valence-corrected chi connectivity index (χ4v) is 2.31. The summed E-state index contributed by atoms with van der Waals surface area (Å²) in [6.45, 7) is 0. The number of hydrogen-bond donors (Lipinski definition) is 0. The van der Waals surface area contributed by atoms with Crippen molar-refractivity contribution < 1.29 is 4.74 Å². The zero-order valence-electron chi connectivity index (χ0n) is 8.95. The maximum atomic E-state index is 8.75. The Morgan fingerprint density at radius 2 is 1.78 bits per heavy atom. The van der Waals surface area contributed by atoms with Crippen LogP contribution in [0, 0.1) is 11.3 Å². The molecule has 0 saturated carbocycles. The van der Waals surface area contributed by atoms with Crippen LogP contribution in [0.3, 0.4) is 0 Å². The molecule has 0 aliphatic rings. The summed E-state index contributed by atoms with van der Waals surface area (Å²) in [4.78, 5) is 0. The SMILES string of the molecule is N#Cc1ccc(Oc2ccc(Cl)cc2Br)c(Cl)c1. The van der Waals surface area contributed by atoms with Crippen LogP contribution >= 0.6 is 39.1 Å². The molecule has 2 rings (SSSR count). The highest BCUT2D eigenvalue weighted by molar-refractivity contribution is 9.10. The predicted molar refractivity (Wildman–Crippen MR) is 75.4 cm³/mol. The van der Waals surface area contributed by atoms with Crippen LogP contribution in [0.2, 0.25) is 10.0 Å². The van der Waals surface area contributed by atoms with Crippen molar-refractivity contribution in [1.29, 1.82) is 5.26 Å². The van der Waals surface area contributed by atoms with Gasteiger partial charge in [0.2, 0.25) is 0 Å². The van der Waals surface area contributed by atoms with Crippen LogP contribution < -0.4 is 4.74 Å². The van der Waals surface area contributed by atoms with Gasteiger partial charge in [-0.25, -0.2) is 0 Å². The van der Waals surface area contributed by atoms with Crippen molar-refractivity contribution in [3.63, 3.8) is 0 Å². The van der Waals surface area contributed by atoms with Crippen LogP contribution in [-0.2, 0) is 0 Å². The smallest absolute Gasteiger partial charge is 0.146 e. The highest BCUT2D eigenvalue weighted by Crippen LogP contribution is 2.35. The summed E-state index contributed by atoms with van der Waals surface area (Å²) in [6.07, 6.45) is 0. The monoisotopic (exact) mass is 341 g/mol. The van der Waals surface area contributed by atoms with Crippen LogP contribution in [0.4, 0.5) is 0 Å². The predicted octanol–water partition coefficient (Wildman–Crippen LogP) is 5.42. The maximum Gasteiger partial charge on any atom is 0.146 e. The van der Waals surface area contributed by atoms with Crippen LogP contribution in [0.25, 0.3) is 0 Å². The molecule has 0 aromatic heterocycles. The second-order valence-corrected chi connectivity index (χ2v) is 5.13. The van der Waals surface area contributed by atoms with E-state index >= 15 is 0 Å². The normalized spacial score (nSPS) is 9.89. The summed E-state index contributed by atoms with van der Waals surface area (Å²) in [7, 11) is 0. The van der Waals surface area contributed by atoms with Gasteiger partial charge in [-0.15, -0.1) is 0 Å². The topological polar surface area (TPSA) is 33.0 Å². The summed E-state index contributed by atoms with van der Waals surface area (Å²) < 4.78 is 6.38. The van der Waals surface area contributed by atoms with Crippen molar-refractivity contribution >= 4 is 39.1 Å². The van der Waals surface area contributed by atoms with Crippen molar-refractivity contribution in [3.8, 4) is 17.6 Å². The Labute approximate surface area is 123 Å². The molecule has 18 heavy (non-hydrogen) atoms. The standard InChI is InChI=1S/C13H6BrCl2NO/c14-10-6-9(15)2-4-12(10)18-13-3-1-8(7-17)5-11(13)16/h1-6H. The van der Waals surface area contributed by atoms with Gasteiger partial charge >= 0.3 is 0 Å². The van der Waals surface area contributed by atoms with E-state index in [0.29, 0.717) is 27.1 Å².